The Morgan fingerprint density at radius 1 is 1.40 bits per heavy atom. The summed E-state index contributed by atoms with van der Waals surface area (Å²) in [6, 6.07) is 0. The molecule has 2 saturated carbocycles. The molecule has 0 amide bonds. The molecule has 2 aliphatic carbocycles. The van der Waals surface area contributed by atoms with Crippen LogP contribution in [-0.2, 0) is 0 Å². The first kappa shape index (κ1) is 8.88. The smallest absolute Gasteiger partial charge is 0.358 e. The number of nitrogens with zero attached hydrogens (tertiary/aromatic N) is 2. The van der Waals surface area contributed by atoms with E-state index in [1.165, 1.54) is 25.7 Å². The van der Waals surface area contributed by atoms with Gasteiger partial charge in [-0.1, -0.05) is 6.42 Å². The number of aromatic carboxylic acids is 1. The quantitative estimate of drug-likeness (QED) is 0.771. The molecule has 1 aromatic rings. The molecule has 2 N–H and O–H groups in total. The largest absolute Gasteiger partial charge is 0.476 e. The van der Waals surface area contributed by atoms with Crippen LogP contribution in [-0.4, -0.2) is 26.5 Å². The molecule has 15 heavy (non-hydrogen) atoms. The van der Waals surface area contributed by atoms with Gasteiger partial charge in [0.1, 0.15) is 5.69 Å². The van der Waals surface area contributed by atoms with E-state index in [9.17, 15) is 4.79 Å². The maximum atomic E-state index is 10.9. The topological polar surface area (TPSA) is 78.9 Å². The van der Waals surface area contributed by atoms with Crippen LogP contribution in [0.5, 0.6) is 0 Å². The van der Waals surface area contributed by atoms with Crippen LogP contribution >= 0.6 is 0 Å². The fraction of sp³-hybridized carbons (Fsp3) is 0.700. The summed E-state index contributed by atoms with van der Waals surface area (Å²) in [5.74, 6) is -0.649. The van der Waals surface area contributed by atoms with Crippen molar-refractivity contribution in [3.05, 3.63) is 11.4 Å². The average Bonchev–Trinajstić information content (AvgIpc) is 2.64. The third-order valence-corrected chi connectivity index (χ3v) is 3.91. The van der Waals surface area contributed by atoms with Gasteiger partial charge in [-0.05, 0) is 31.1 Å². The maximum Gasteiger partial charge on any atom is 0.358 e. The molecule has 0 radical (unpaired) electrons. The summed E-state index contributed by atoms with van der Waals surface area (Å²) in [7, 11) is 0. The monoisotopic (exact) mass is 207 g/mol. The zero-order valence-electron chi connectivity index (χ0n) is 8.36. The van der Waals surface area contributed by atoms with Gasteiger partial charge < -0.3 is 5.11 Å². The van der Waals surface area contributed by atoms with E-state index >= 15 is 0 Å². The number of hydrogen-bond donors (Lipinski definition) is 2. The van der Waals surface area contributed by atoms with E-state index in [0.29, 0.717) is 17.0 Å². The predicted octanol–water partition coefficient (Wildman–Crippen LogP) is 1.55. The number of aromatic amines is 1. The molecule has 1 aromatic heterocycles. The molecular formula is C10H13N3O2. The van der Waals surface area contributed by atoms with Crippen LogP contribution in [0.2, 0.25) is 0 Å². The summed E-state index contributed by atoms with van der Waals surface area (Å²) >= 11 is 0. The molecule has 0 aromatic carbocycles. The SMILES string of the molecule is O=C(O)c1n[nH]nc1C1CCCC12CC2. The Morgan fingerprint density at radius 3 is 2.87 bits per heavy atom. The van der Waals surface area contributed by atoms with Gasteiger partial charge in [-0.2, -0.15) is 10.3 Å². The minimum Gasteiger partial charge on any atom is -0.476 e. The number of carbonyl (C=O) groups is 1. The van der Waals surface area contributed by atoms with Crippen molar-refractivity contribution in [1.82, 2.24) is 15.4 Å². The fourth-order valence-corrected chi connectivity index (χ4v) is 2.96. The fourth-order valence-electron chi connectivity index (χ4n) is 2.96. The van der Waals surface area contributed by atoms with Gasteiger partial charge in [0.15, 0.2) is 5.69 Å². The number of aromatic nitrogens is 3. The van der Waals surface area contributed by atoms with Gasteiger partial charge in [0, 0.05) is 5.92 Å². The van der Waals surface area contributed by atoms with Crippen molar-refractivity contribution < 1.29 is 9.90 Å². The molecule has 5 nitrogen and oxygen atoms in total. The van der Waals surface area contributed by atoms with Gasteiger partial charge in [-0.25, -0.2) is 4.79 Å². The number of carboxylic acids is 1. The highest BCUT2D eigenvalue weighted by Gasteiger charge is 2.54. The zero-order chi connectivity index (χ0) is 10.5. The maximum absolute atomic E-state index is 10.9. The Kier molecular flexibility index (Phi) is 1.66. The molecule has 0 bridgehead atoms. The van der Waals surface area contributed by atoms with E-state index in [1.807, 2.05) is 0 Å². The number of H-pyrrole nitrogens is 1. The van der Waals surface area contributed by atoms with Gasteiger partial charge in [0.05, 0.1) is 0 Å². The zero-order valence-corrected chi connectivity index (χ0v) is 8.36. The van der Waals surface area contributed by atoms with Crippen LogP contribution in [0.15, 0.2) is 0 Å². The lowest BCUT2D eigenvalue weighted by molar-refractivity contribution is 0.0688. The number of rotatable bonds is 2. The van der Waals surface area contributed by atoms with Gasteiger partial charge in [-0.15, -0.1) is 5.10 Å². The lowest BCUT2D eigenvalue weighted by atomic mass is 9.89. The summed E-state index contributed by atoms with van der Waals surface area (Å²) in [5.41, 5.74) is 1.17. The van der Waals surface area contributed by atoms with Crippen LogP contribution in [0, 0.1) is 5.41 Å². The van der Waals surface area contributed by atoms with Crippen molar-refractivity contribution >= 4 is 5.97 Å². The normalized spacial score (nSPS) is 27.1. The third-order valence-electron chi connectivity index (χ3n) is 3.91. The lowest BCUT2D eigenvalue weighted by Crippen LogP contribution is -2.12. The van der Waals surface area contributed by atoms with Crippen molar-refractivity contribution in [2.75, 3.05) is 0 Å². The van der Waals surface area contributed by atoms with Crippen molar-refractivity contribution in [2.24, 2.45) is 5.41 Å². The van der Waals surface area contributed by atoms with Crippen LogP contribution < -0.4 is 0 Å². The molecule has 0 saturated heterocycles. The molecule has 2 aliphatic rings. The van der Waals surface area contributed by atoms with E-state index in [-0.39, 0.29) is 5.69 Å². The highest BCUT2D eigenvalue weighted by atomic mass is 16.4. The summed E-state index contributed by atoms with van der Waals surface area (Å²) in [6.45, 7) is 0. The average molecular weight is 207 g/mol. The van der Waals surface area contributed by atoms with Crippen LogP contribution in [0.25, 0.3) is 0 Å². The Bertz CT molecular complexity index is 409. The molecule has 2 fully saturated rings. The number of nitrogens with one attached hydrogen (secondary N) is 1. The molecule has 3 rings (SSSR count). The van der Waals surface area contributed by atoms with Crippen molar-refractivity contribution in [1.29, 1.82) is 0 Å². The minimum absolute atomic E-state index is 0.119. The summed E-state index contributed by atoms with van der Waals surface area (Å²) < 4.78 is 0. The van der Waals surface area contributed by atoms with Crippen LogP contribution in [0.4, 0.5) is 0 Å². The van der Waals surface area contributed by atoms with Crippen molar-refractivity contribution in [2.45, 2.75) is 38.0 Å². The van der Waals surface area contributed by atoms with Crippen LogP contribution in [0.3, 0.4) is 0 Å². The summed E-state index contributed by atoms with van der Waals surface area (Å²) in [5, 5.41) is 19.2. The van der Waals surface area contributed by atoms with E-state index < -0.39 is 5.97 Å². The second-order valence-electron chi connectivity index (χ2n) is 4.67. The standard InChI is InChI=1S/C10H13N3O2/c14-9(15)8-7(11-13-12-8)6-2-1-3-10(6)4-5-10/h6H,1-5H2,(H,14,15)(H,11,12,13). The highest BCUT2D eigenvalue weighted by Crippen LogP contribution is 2.64. The predicted molar refractivity (Wildman–Crippen MR) is 51.6 cm³/mol. The first-order chi connectivity index (χ1) is 7.23. The Balaban J connectivity index is 1.98. The van der Waals surface area contributed by atoms with Crippen LogP contribution in [0.1, 0.15) is 54.2 Å². The van der Waals surface area contributed by atoms with E-state index in [1.54, 1.807) is 0 Å². The van der Waals surface area contributed by atoms with Gasteiger partial charge in [0.2, 0.25) is 0 Å². The molecule has 1 spiro atoms. The molecule has 0 aliphatic heterocycles. The Labute approximate surface area is 86.9 Å². The minimum atomic E-state index is -0.971. The Morgan fingerprint density at radius 2 is 2.20 bits per heavy atom. The molecule has 1 unspecified atom stereocenters. The van der Waals surface area contributed by atoms with Gasteiger partial charge in [0.25, 0.3) is 0 Å². The van der Waals surface area contributed by atoms with E-state index in [4.69, 9.17) is 5.11 Å². The second-order valence-corrected chi connectivity index (χ2v) is 4.67. The first-order valence-electron chi connectivity index (χ1n) is 5.37. The highest BCUT2D eigenvalue weighted by molar-refractivity contribution is 5.86. The van der Waals surface area contributed by atoms with E-state index in [2.05, 4.69) is 15.4 Å². The molecule has 1 heterocycles. The molecular weight excluding hydrogens is 194 g/mol. The molecule has 80 valence electrons. The third kappa shape index (κ3) is 1.19. The van der Waals surface area contributed by atoms with Gasteiger partial charge in [-0.3, -0.25) is 0 Å². The number of hydrogen-bond acceptors (Lipinski definition) is 3. The van der Waals surface area contributed by atoms with Gasteiger partial charge >= 0.3 is 5.97 Å². The summed E-state index contributed by atoms with van der Waals surface area (Å²) in [6.07, 6.45) is 5.93. The number of carboxylic acid groups (broad SMARTS) is 1. The summed E-state index contributed by atoms with van der Waals surface area (Å²) in [4.78, 5) is 10.9. The van der Waals surface area contributed by atoms with E-state index in [0.717, 1.165) is 6.42 Å². The Hall–Kier alpha value is -1.39. The molecule has 1 atom stereocenters. The molecule has 5 heteroatoms. The first-order valence-corrected chi connectivity index (χ1v) is 5.37. The second kappa shape index (κ2) is 2.81. The van der Waals surface area contributed by atoms with Crippen molar-refractivity contribution in [3.8, 4) is 0 Å². The van der Waals surface area contributed by atoms with Crippen molar-refractivity contribution in [3.63, 3.8) is 0 Å². The lowest BCUT2D eigenvalue weighted by Gasteiger charge is -2.15.